The predicted molar refractivity (Wildman–Crippen MR) is 164 cm³/mol. The van der Waals surface area contributed by atoms with E-state index < -0.39 is 5.91 Å². The molecule has 3 aromatic rings. The Morgan fingerprint density at radius 1 is 1.10 bits per heavy atom. The van der Waals surface area contributed by atoms with Crippen molar-refractivity contribution in [3.8, 4) is 5.75 Å². The first kappa shape index (κ1) is 26.6. The minimum absolute atomic E-state index is 0.0642. The smallest absolute Gasteiger partial charge is 0.283 e. The Kier molecular flexibility index (Phi) is 7.36. The number of ether oxygens (including phenoxy) is 1. The number of aromatic nitrogens is 1. The second-order valence-corrected chi connectivity index (χ2v) is 12.0. The Bertz CT molecular complexity index is 1560. The Balaban J connectivity index is 1.22. The highest BCUT2D eigenvalue weighted by atomic mass is 32.2. The van der Waals surface area contributed by atoms with Crippen LogP contribution in [0.25, 0.3) is 17.0 Å². The first-order valence-electron chi connectivity index (χ1n) is 14.2. The van der Waals surface area contributed by atoms with E-state index in [-0.39, 0.29) is 17.3 Å². The van der Waals surface area contributed by atoms with Gasteiger partial charge in [-0.15, -0.1) is 0 Å². The number of para-hydroxylation sites is 1. The summed E-state index contributed by atoms with van der Waals surface area (Å²) in [5, 5.41) is 17.1. The molecular weight excluding hydrogens is 518 g/mol. The Morgan fingerprint density at radius 2 is 1.85 bits per heavy atom. The van der Waals surface area contributed by atoms with Crippen LogP contribution in [0.4, 0.5) is 0 Å². The van der Waals surface area contributed by atoms with Gasteiger partial charge in [0.05, 0.1) is 12.1 Å². The molecular formula is C32H35N5O2S. The molecule has 1 fully saturated rings. The molecule has 7 nitrogen and oxygen atoms in total. The van der Waals surface area contributed by atoms with Crippen LogP contribution < -0.4 is 4.74 Å². The Labute approximate surface area is 239 Å². The molecule has 40 heavy (non-hydrogen) atoms. The number of amidine groups is 2. The summed E-state index contributed by atoms with van der Waals surface area (Å²) in [6, 6.07) is 16.8. The number of nitrogens with zero attached hydrogens (tertiary/aromatic N) is 4. The van der Waals surface area contributed by atoms with E-state index in [2.05, 4.69) is 58.0 Å². The van der Waals surface area contributed by atoms with Crippen molar-refractivity contribution in [2.24, 2.45) is 16.0 Å². The highest BCUT2D eigenvalue weighted by molar-refractivity contribution is 8.27. The van der Waals surface area contributed by atoms with E-state index in [1.807, 2.05) is 26.0 Å². The maximum absolute atomic E-state index is 13.0. The summed E-state index contributed by atoms with van der Waals surface area (Å²) in [5.41, 5.74) is 4.67. The molecule has 1 aliphatic carbocycles. The van der Waals surface area contributed by atoms with Crippen LogP contribution in [-0.4, -0.2) is 38.1 Å². The van der Waals surface area contributed by atoms with Gasteiger partial charge in [-0.05, 0) is 67.3 Å². The van der Waals surface area contributed by atoms with Crippen molar-refractivity contribution in [2.45, 2.75) is 65.3 Å². The summed E-state index contributed by atoms with van der Waals surface area (Å²) in [5.74, 6) is 1.43. The number of hydrazone groups is 1. The van der Waals surface area contributed by atoms with E-state index in [1.54, 1.807) is 6.08 Å². The predicted octanol–water partition coefficient (Wildman–Crippen LogP) is 7.35. The van der Waals surface area contributed by atoms with Crippen molar-refractivity contribution in [3.05, 3.63) is 70.9 Å². The molecule has 0 saturated heterocycles. The lowest BCUT2D eigenvalue weighted by molar-refractivity contribution is -0.114. The van der Waals surface area contributed by atoms with E-state index >= 15 is 0 Å². The molecule has 0 atom stereocenters. The van der Waals surface area contributed by atoms with E-state index in [0.29, 0.717) is 24.2 Å². The van der Waals surface area contributed by atoms with Gasteiger partial charge in [0.15, 0.2) is 5.84 Å². The van der Waals surface area contributed by atoms with Crippen molar-refractivity contribution in [1.82, 2.24) is 9.58 Å². The van der Waals surface area contributed by atoms with E-state index in [1.165, 1.54) is 54.4 Å². The van der Waals surface area contributed by atoms with Crippen molar-refractivity contribution >= 4 is 50.7 Å². The van der Waals surface area contributed by atoms with Gasteiger partial charge >= 0.3 is 0 Å². The Hall–Kier alpha value is -3.65. The number of hydrogen-bond acceptors (Lipinski definition) is 5. The molecule has 1 aromatic heterocycles. The van der Waals surface area contributed by atoms with E-state index in [9.17, 15) is 4.79 Å². The number of nitrogens with one attached hydrogen (secondary N) is 1. The van der Waals surface area contributed by atoms with E-state index in [4.69, 9.17) is 10.1 Å². The number of fused-ring (bicyclic) bond motifs is 2. The number of hydrogen-bond donors (Lipinski definition) is 1. The summed E-state index contributed by atoms with van der Waals surface area (Å²) in [4.78, 5) is 17.3. The molecule has 0 radical (unpaired) electrons. The first-order chi connectivity index (χ1) is 19.4. The number of aliphatic imine (C=N–C) groups is 1. The first-order valence-corrected chi connectivity index (χ1v) is 15.0. The molecule has 1 amide bonds. The number of carbonyl (C=O) groups is 1. The van der Waals surface area contributed by atoms with Gasteiger partial charge in [-0.3, -0.25) is 10.2 Å². The summed E-state index contributed by atoms with van der Waals surface area (Å²) < 4.78 is 8.39. The highest BCUT2D eigenvalue weighted by Gasteiger charge is 2.36. The second kappa shape index (κ2) is 11.1. The molecule has 1 saturated carbocycles. The zero-order valence-corrected chi connectivity index (χ0v) is 24.1. The van der Waals surface area contributed by atoms with Gasteiger partial charge in [-0.1, -0.05) is 63.4 Å². The number of benzene rings is 2. The van der Waals surface area contributed by atoms with Gasteiger partial charge in [0, 0.05) is 28.1 Å². The molecule has 206 valence electrons. The third-order valence-electron chi connectivity index (χ3n) is 8.07. The maximum atomic E-state index is 13.0. The third kappa shape index (κ3) is 5.01. The summed E-state index contributed by atoms with van der Waals surface area (Å²) in [7, 11) is 0. The SMILES string of the molecule is Cc1c(/C=C2/C(=N)N3N=C(C(C)C)SC3=NC2=O)c2ccccc2n1CCOc1ccc(C2CCCCC2)cc1. The van der Waals surface area contributed by atoms with Crippen LogP contribution in [0.5, 0.6) is 5.75 Å². The van der Waals surface area contributed by atoms with Gasteiger partial charge < -0.3 is 9.30 Å². The molecule has 2 aromatic carbocycles. The van der Waals surface area contributed by atoms with Crippen LogP contribution in [0, 0.1) is 18.3 Å². The number of thioether (sulfide) groups is 1. The van der Waals surface area contributed by atoms with Crippen LogP contribution in [0.3, 0.4) is 0 Å². The van der Waals surface area contributed by atoms with Crippen molar-refractivity contribution in [2.75, 3.05) is 6.61 Å². The Morgan fingerprint density at radius 3 is 2.60 bits per heavy atom. The van der Waals surface area contributed by atoms with Crippen LogP contribution >= 0.6 is 11.8 Å². The number of rotatable bonds is 7. The standard InChI is InChI=1S/C32H35N5O2S/c1-20(2)31-35-37-29(33)27(30(38)34-32(37)40-31)19-26-21(3)36(28-12-8-7-11-25(26)28)17-18-39-24-15-13-23(14-16-24)22-9-5-4-6-10-22/h7-8,11-16,19-20,22,33H,4-6,9-10,17-18H2,1-3H3/b27-19-,33-29?. The number of carbonyl (C=O) groups excluding carboxylic acids is 1. The monoisotopic (exact) mass is 553 g/mol. The summed E-state index contributed by atoms with van der Waals surface area (Å²) in [6.07, 6.45) is 8.42. The molecule has 8 heteroatoms. The molecule has 0 unspecified atom stereocenters. The zero-order valence-electron chi connectivity index (χ0n) is 23.3. The van der Waals surface area contributed by atoms with Crippen LogP contribution in [0.15, 0.2) is 64.2 Å². The average Bonchev–Trinajstić information content (AvgIpc) is 3.51. The lowest BCUT2D eigenvalue weighted by atomic mass is 9.84. The molecule has 0 spiro atoms. The molecule has 6 rings (SSSR count). The van der Waals surface area contributed by atoms with Crippen molar-refractivity contribution in [3.63, 3.8) is 0 Å². The fourth-order valence-electron chi connectivity index (χ4n) is 5.84. The minimum atomic E-state index is -0.403. The molecule has 3 aliphatic rings. The lowest BCUT2D eigenvalue weighted by Crippen LogP contribution is -2.35. The van der Waals surface area contributed by atoms with Gasteiger partial charge in [0.25, 0.3) is 5.91 Å². The minimum Gasteiger partial charge on any atom is -0.492 e. The fourth-order valence-corrected chi connectivity index (χ4v) is 6.73. The van der Waals surface area contributed by atoms with Crippen LogP contribution in [0.1, 0.15) is 68.7 Å². The normalized spacial score (nSPS) is 19.0. The topological polar surface area (TPSA) is 83.0 Å². The average molecular weight is 554 g/mol. The van der Waals surface area contributed by atoms with Gasteiger partial charge in [0.2, 0.25) is 5.17 Å². The van der Waals surface area contributed by atoms with Gasteiger partial charge in [-0.25, -0.2) is 0 Å². The fraction of sp³-hybridized carbons (Fsp3) is 0.375. The van der Waals surface area contributed by atoms with Crippen LogP contribution in [-0.2, 0) is 11.3 Å². The molecule has 2 aliphatic heterocycles. The summed E-state index contributed by atoms with van der Waals surface area (Å²) in [6.45, 7) is 7.33. The van der Waals surface area contributed by atoms with Gasteiger partial charge in [0.1, 0.15) is 17.4 Å². The van der Waals surface area contributed by atoms with Crippen molar-refractivity contribution in [1.29, 1.82) is 5.41 Å². The highest BCUT2D eigenvalue weighted by Crippen LogP contribution is 2.35. The second-order valence-electron chi connectivity index (χ2n) is 11.0. The largest absolute Gasteiger partial charge is 0.492 e. The van der Waals surface area contributed by atoms with Gasteiger partial charge in [-0.2, -0.15) is 15.1 Å². The third-order valence-corrected chi connectivity index (χ3v) is 9.28. The maximum Gasteiger partial charge on any atom is 0.283 e. The zero-order chi connectivity index (χ0) is 27.8. The summed E-state index contributed by atoms with van der Waals surface area (Å²) >= 11 is 1.36. The molecule has 0 bridgehead atoms. The molecule has 1 N–H and O–H groups in total. The lowest BCUT2D eigenvalue weighted by Gasteiger charge is -2.22. The van der Waals surface area contributed by atoms with Crippen molar-refractivity contribution < 1.29 is 9.53 Å². The molecule has 3 heterocycles. The van der Waals surface area contributed by atoms with Crippen LogP contribution in [0.2, 0.25) is 0 Å². The number of amides is 1. The quantitative estimate of drug-likeness (QED) is 0.310. The van der Waals surface area contributed by atoms with E-state index in [0.717, 1.165) is 33.0 Å².